The van der Waals surface area contributed by atoms with E-state index in [1.54, 1.807) is 0 Å². The largest absolute Gasteiger partial charge is 0.444 e. The molecule has 1 fully saturated rings. The molecule has 0 unspecified atom stereocenters. The molecule has 0 spiro atoms. The number of ether oxygens (including phenoxy) is 2. The van der Waals surface area contributed by atoms with Crippen molar-refractivity contribution in [2.75, 3.05) is 19.8 Å². The van der Waals surface area contributed by atoms with E-state index in [0.717, 1.165) is 26.1 Å². The molecule has 1 heterocycles. The Morgan fingerprint density at radius 2 is 2.06 bits per heavy atom. The van der Waals surface area contributed by atoms with E-state index in [9.17, 15) is 4.79 Å². The minimum absolute atomic E-state index is 0.0465. The highest BCUT2D eigenvalue weighted by Crippen LogP contribution is 2.30. The van der Waals surface area contributed by atoms with Crippen molar-refractivity contribution in [1.29, 1.82) is 0 Å². The molecule has 1 aliphatic heterocycles. The standard InChI is InChI=1S/C13H23NO3/c1-5-13(6-8-16-9-7-13)10-14-11(15)17-12(2,3)4/h5H,1,6-10H2,2-4H3,(H,14,15). The monoisotopic (exact) mass is 241 g/mol. The maximum Gasteiger partial charge on any atom is 0.407 e. The number of carbonyl (C=O) groups is 1. The zero-order valence-electron chi connectivity index (χ0n) is 11.0. The second-order valence-electron chi connectivity index (χ2n) is 5.53. The summed E-state index contributed by atoms with van der Waals surface area (Å²) < 4.78 is 10.5. The Morgan fingerprint density at radius 1 is 1.47 bits per heavy atom. The highest BCUT2D eigenvalue weighted by molar-refractivity contribution is 5.67. The predicted octanol–water partition coefficient (Wildman–Crippen LogP) is 2.49. The topological polar surface area (TPSA) is 47.6 Å². The van der Waals surface area contributed by atoms with E-state index in [4.69, 9.17) is 9.47 Å². The SMILES string of the molecule is C=CC1(CNC(=O)OC(C)(C)C)CCOCC1. The second kappa shape index (κ2) is 5.54. The number of nitrogens with one attached hydrogen (secondary N) is 1. The van der Waals surface area contributed by atoms with Crippen LogP contribution in [0.2, 0.25) is 0 Å². The summed E-state index contributed by atoms with van der Waals surface area (Å²) in [7, 11) is 0. The summed E-state index contributed by atoms with van der Waals surface area (Å²) in [5.74, 6) is 0. The first-order valence-corrected chi connectivity index (χ1v) is 6.05. The van der Waals surface area contributed by atoms with Crippen LogP contribution in [-0.2, 0) is 9.47 Å². The van der Waals surface area contributed by atoms with Crippen LogP contribution in [0, 0.1) is 5.41 Å². The molecule has 17 heavy (non-hydrogen) atoms. The molecule has 1 amide bonds. The molecule has 4 heteroatoms. The molecular formula is C13H23NO3. The van der Waals surface area contributed by atoms with E-state index in [2.05, 4.69) is 11.9 Å². The molecule has 0 aromatic rings. The third-order valence-electron chi connectivity index (χ3n) is 2.91. The van der Waals surface area contributed by atoms with Gasteiger partial charge in [0, 0.05) is 25.2 Å². The lowest BCUT2D eigenvalue weighted by atomic mass is 9.80. The molecule has 0 atom stereocenters. The number of amides is 1. The van der Waals surface area contributed by atoms with Gasteiger partial charge in [0.25, 0.3) is 0 Å². The van der Waals surface area contributed by atoms with Crippen LogP contribution in [-0.4, -0.2) is 31.5 Å². The van der Waals surface area contributed by atoms with E-state index >= 15 is 0 Å². The fourth-order valence-electron chi connectivity index (χ4n) is 1.79. The Morgan fingerprint density at radius 3 is 2.53 bits per heavy atom. The average molecular weight is 241 g/mol. The van der Waals surface area contributed by atoms with E-state index in [1.807, 2.05) is 26.8 Å². The van der Waals surface area contributed by atoms with Crippen LogP contribution in [0.15, 0.2) is 12.7 Å². The lowest BCUT2D eigenvalue weighted by Crippen LogP contribution is -2.42. The van der Waals surface area contributed by atoms with Gasteiger partial charge >= 0.3 is 6.09 Å². The lowest BCUT2D eigenvalue weighted by molar-refractivity contribution is 0.0287. The molecule has 1 rings (SSSR count). The van der Waals surface area contributed by atoms with E-state index in [-0.39, 0.29) is 11.5 Å². The molecule has 0 bridgehead atoms. The van der Waals surface area contributed by atoms with Crippen molar-refractivity contribution in [2.24, 2.45) is 5.41 Å². The number of rotatable bonds is 3. The van der Waals surface area contributed by atoms with E-state index in [0.29, 0.717) is 6.54 Å². The fraction of sp³-hybridized carbons (Fsp3) is 0.769. The van der Waals surface area contributed by atoms with Crippen molar-refractivity contribution in [3.63, 3.8) is 0 Å². The number of alkyl carbamates (subject to hydrolysis) is 1. The van der Waals surface area contributed by atoms with Crippen molar-refractivity contribution in [2.45, 2.75) is 39.2 Å². The Kier molecular flexibility index (Phi) is 4.57. The number of carbonyl (C=O) groups excluding carboxylic acids is 1. The molecule has 4 nitrogen and oxygen atoms in total. The molecule has 0 aromatic carbocycles. The molecule has 1 saturated heterocycles. The van der Waals surface area contributed by atoms with Crippen molar-refractivity contribution < 1.29 is 14.3 Å². The summed E-state index contributed by atoms with van der Waals surface area (Å²) in [6.07, 6.45) is 3.34. The van der Waals surface area contributed by atoms with Crippen LogP contribution in [0.1, 0.15) is 33.6 Å². The van der Waals surface area contributed by atoms with E-state index < -0.39 is 5.60 Å². The van der Waals surface area contributed by atoms with Crippen LogP contribution >= 0.6 is 0 Å². The van der Waals surface area contributed by atoms with Crippen LogP contribution in [0.3, 0.4) is 0 Å². The van der Waals surface area contributed by atoms with Gasteiger partial charge in [-0.05, 0) is 33.6 Å². The third-order valence-corrected chi connectivity index (χ3v) is 2.91. The summed E-state index contributed by atoms with van der Waals surface area (Å²) in [5.41, 5.74) is -0.504. The molecular weight excluding hydrogens is 218 g/mol. The van der Waals surface area contributed by atoms with Crippen molar-refractivity contribution in [3.8, 4) is 0 Å². The van der Waals surface area contributed by atoms with Crippen LogP contribution < -0.4 is 5.32 Å². The molecule has 0 radical (unpaired) electrons. The maximum atomic E-state index is 11.6. The zero-order valence-corrected chi connectivity index (χ0v) is 11.0. The highest BCUT2D eigenvalue weighted by Gasteiger charge is 2.30. The van der Waals surface area contributed by atoms with Crippen LogP contribution in [0.25, 0.3) is 0 Å². The summed E-state index contributed by atoms with van der Waals surface area (Å²) in [4.78, 5) is 11.6. The molecule has 0 aromatic heterocycles. The van der Waals surface area contributed by atoms with Crippen molar-refractivity contribution >= 4 is 6.09 Å². The minimum atomic E-state index is -0.457. The Hall–Kier alpha value is -1.03. The van der Waals surface area contributed by atoms with Gasteiger partial charge < -0.3 is 14.8 Å². The first kappa shape index (κ1) is 14.0. The van der Waals surface area contributed by atoms with Gasteiger partial charge in [0.2, 0.25) is 0 Å². The van der Waals surface area contributed by atoms with Gasteiger partial charge in [-0.2, -0.15) is 0 Å². The average Bonchev–Trinajstić information content (AvgIpc) is 2.25. The lowest BCUT2D eigenvalue weighted by Gasteiger charge is -2.34. The quantitative estimate of drug-likeness (QED) is 0.772. The fourth-order valence-corrected chi connectivity index (χ4v) is 1.79. The molecule has 1 aliphatic rings. The summed E-state index contributed by atoms with van der Waals surface area (Å²) >= 11 is 0. The van der Waals surface area contributed by atoms with Crippen molar-refractivity contribution in [3.05, 3.63) is 12.7 Å². The highest BCUT2D eigenvalue weighted by atomic mass is 16.6. The van der Waals surface area contributed by atoms with Gasteiger partial charge in [-0.25, -0.2) is 4.79 Å². The maximum absolute atomic E-state index is 11.6. The summed E-state index contributed by atoms with van der Waals surface area (Å²) in [6.45, 7) is 11.4. The van der Waals surface area contributed by atoms with Gasteiger partial charge in [-0.3, -0.25) is 0 Å². The van der Waals surface area contributed by atoms with E-state index in [1.165, 1.54) is 0 Å². The van der Waals surface area contributed by atoms with Gasteiger partial charge in [0.1, 0.15) is 5.60 Å². The van der Waals surface area contributed by atoms with Gasteiger partial charge in [0.15, 0.2) is 0 Å². The second-order valence-corrected chi connectivity index (χ2v) is 5.53. The smallest absolute Gasteiger partial charge is 0.407 e. The first-order valence-electron chi connectivity index (χ1n) is 6.05. The Bertz CT molecular complexity index is 275. The van der Waals surface area contributed by atoms with Gasteiger partial charge in [0.05, 0.1) is 0 Å². The molecule has 1 N–H and O–H groups in total. The van der Waals surface area contributed by atoms with Crippen molar-refractivity contribution in [1.82, 2.24) is 5.32 Å². The number of hydrogen-bond donors (Lipinski definition) is 1. The van der Waals surface area contributed by atoms with Gasteiger partial charge in [-0.1, -0.05) is 6.08 Å². The summed E-state index contributed by atoms with van der Waals surface area (Å²) in [5, 5.41) is 2.81. The zero-order chi connectivity index (χ0) is 12.9. The Balaban J connectivity index is 2.42. The third kappa shape index (κ3) is 4.77. The molecule has 98 valence electrons. The normalized spacial score (nSPS) is 19.5. The minimum Gasteiger partial charge on any atom is -0.444 e. The molecule has 0 aliphatic carbocycles. The Labute approximate surface area is 103 Å². The summed E-state index contributed by atoms with van der Waals surface area (Å²) in [6, 6.07) is 0. The predicted molar refractivity (Wildman–Crippen MR) is 66.9 cm³/mol. The van der Waals surface area contributed by atoms with Crippen LogP contribution in [0.5, 0.6) is 0 Å². The van der Waals surface area contributed by atoms with Gasteiger partial charge in [-0.15, -0.1) is 6.58 Å². The first-order chi connectivity index (χ1) is 7.87. The molecule has 0 saturated carbocycles. The number of hydrogen-bond acceptors (Lipinski definition) is 3. The van der Waals surface area contributed by atoms with Crippen LogP contribution in [0.4, 0.5) is 4.79 Å².